The fraction of sp³-hybridized carbons (Fsp3) is 0.600. The van der Waals surface area contributed by atoms with Gasteiger partial charge in [-0.1, -0.05) is 19.1 Å². The Balaban J connectivity index is 0.00000180. The van der Waals surface area contributed by atoms with Gasteiger partial charge in [0.1, 0.15) is 12.4 Å². The third-order valence-electron chi connectivity index (χ3n) is 3.60. The Hall–Kier alpha value is -0.480. The lowest BCUT2D eigenvalue weighted by Gasteiger charge is -2.32. The summed E-state index contributed by atoms with van der Waals surface area (Å²) in [6.07, 6.45) is 1.08. The standard InChI is InChI=1S/C15H24N2O.2ClH/c1-3-14-4-6-15(7-5-14)18-12-13(2)17-10-8-16-9-11-17;;/h4-7,13,16H,3,8-12H2,1-2H3;2*1H. The SMILES string of the molecule is CCc1ccc(OCC(C)N2CCNCC2)cc1.Cl.Cl. The molecule has 5 heteroatoms. The van der Waals surface area contributed by atoms with E-state index in [0.717, 1.165) is 45.0 Å². The third-order valence-corrected chi connectivity index (χ3v) is 3.60. The van der Waals surface area contributed by atoms with E-state index in [4.69, 9.17) is 4.74 Å². The molecule has 1 aromatic carbocycles. The van der Waals surface area contributed by atoms with Crippen molar-refractivity contribution < 1.29 is 4.74 Å². The molecule has 1 atom stereocenters. The van der Waals surface area contributed by atoms with Gasteiger partial charge in [-0.05, 0) is 31.0 Å². The average Bonchev–Trinajstić information content (AvgIpc) is 2.46. The molecule has 1 heterocycles. The van der Waals surface area contributed by atoms with Crippen LogP contribution in [0.1, 0.15) is 19.4 Å². The zero-order valence-electron chi connectivity index (χ0n) is 12.3. The number of aryl methyl sites for hydroxylation is 1. The van der Waals surface area contributed by atoms with Crippen LogP contribution in [-0.2, 0) is 6.42 Å². The van der Waals surface area contributed by atoms with E-state index >= 15 is 0 Å². The summed E-state index contributed by atoms with van der Waals surface area (Å²) in [7, 11) is 0. The molecule has 0 amide bonds. The molecule has 2 rings (SSSR count). The highest BCUT2D eigenvalue weighted by Gasteiger charge is 2.16. The Bertz CT molecular complexity index is 353. The number of hydrogen-bond acceptors (Lipinski definition) is 3. The molecule has 116 valence electrons. The van der Waals surface area contributed by atoms with Crippen molar-refractivity contribution in [2.75, 3.05) is 32.8 Å². The van der Waals surface area contributed by atoms with Crippen molar-refractivity contribution in [2.45, 2.75) is 26.3 Å². The van der Waals surface area contributed by atoms with Crippen LogP contribution >= 0.6 is 24.8 Å². The van der Waals surface area contributed by atoms with Crippen molar-refractivity contribution in [3.05, 3.63) is 29.8 Å². The summed E-state index contributed by atoms with van der Waals surface area (Å²) in [5, 5.41) is 3.37. The Kier molecular flexibility index (Phi) is 10.0. The molecular formula is C15H26Cl2N2O. The normalized spacial score (nSPS) is 16.7. The molecule has 20 heavy (non-hydrogen) atoms. The Morgan fingerprint density at radius 1 is 1.15 bits per heavy atom. The summed E-state index contributed by atoms with van der Waals surface area (Å²) in [5.41, 5.74) is 1.36. The van der Waals surface area contributed by atoms with Crippen LogP contribution in [0.5, 0.6) is 5.75 Å². The van der Waals surface area contributed by atoms with E-state index in [-0.39, 0.29) is 24.8 Å². The van der Waals surface area contributed by atoms with Gasteiger partial charge in [0.25, 0.3) is 0 Å². The maximum Gasteiger partial charge on any atom is 0.119 e. The minimum absolute atomic E-state index is 0. The van der Waals surface area contributed by atoms with E-state index in [1.54, 1.807) is 0 Å². The molecule has 1 N–H and O–H groups in total. The fourth-order valence-corrected chi connectivity index (χ4v) is 2.27. The predicted octanol–water partition coefficient (Wildman–Crippen LogP) is 2.77. The van der Waals surface area contributed by atoms with Crippen molar-refractivity contribution in [3.63, 3.8) is 0 Å². The van der Waals surface area contributed by atoms with Crippen molar-refractivity contribution in [1.82, 2.24) is 10.2 Å². The van der Waals surface area contributed by atoms with Gasteiger partial charge in [0, 0.05) is 32.2 Å². The lowest BCUT2D eigenvalue weighted by Crippen LogP contribution is -2.49. The van der Waals surface area contributed by atoms with Gasteiger partial charge in [0.2, 0.25) is 0 Å². The van der Waals surface area contributed by atoms with E-state index in [9.17, 15) is 0 Å². The Morgan fingerprint density at radius 3 is 2.30 bits per heavy atom. The molecule has 0 radical (unpaired) electrons. The number of rotatable bonds is 5. The van der Waals surface area contributed by atoms with Gasteiger partial charge in [-0.2, -0.15) is 0 Å². The van der Waals surface area contributed by atoms with Crippen molar-refractivity contribution in [3.8, 4) is 5.75 Å². The van der Waals surface area contributed by atoms with Crippen molar-refractivity contribution in [1.29, 1.82) is 0 Å². The summed E-state index contributed by atoms with van der Waals surface area (Å²) in [4.78, 5) is 2.48. The maximum absolute atomic E-state index is 5.86. The monoisotopic (exact) mass is 320 g/mol. The number of ether oxygens (including phenoxy) is 1. The average molecular weight is 321 g/mol. The number of nitrogens with zero attached hydrogens (tertiary/aromatic N) is 1. The fourth-order valence-electron chi connectivity index (χ4n) is 2.27. The zero-order valence-corrected chi connectivity index (χ0v) is 13.9. The van der Waals surface area contributed by atoms with Crippen LogP contribution in [0.15, 0.2) is 24.3 Å². The topological polar surface area (TPSA) is 24.5 Å². The number of hydrogen-bond donors (Lipinski definition) is 1. The molecule has 3 nitrogen and oxygen atoms in total. The smallest absolute Gasteiger partial charge is 0.119 e. The predicted molar refractivity (Wildman–Crippen MR) is 89.7 cm³/mol. The highest BCUT2D eigenvalue weighted by atomic mass is 35.5. The summed E-state index contributed by atoms with van der Waals surface area (Å²) in [6, 6.07) is 8.92. The van der Waals surface area contributed by atoms with Gasteiger partial charge in [-0.15, -0.1) is 24.8 Å². The highest BCUT2D eigenvalue weighted by molar-refractivity contribution is 5.85. The molecular weight excluding hydrogens is 295 g/mol. The largest absolute Gasteiger partial charge is 0.492 e. The van der Waals surface area contributed by atoms with Crippen LogP contribution < -0.4 is 10.1 Å². The summed E-state index contributed by atoms with van der Waals surface area (Å²) >= 11 is 0. The molecule has 1 aliphatic rings. The number of nitrogens with one attached hydrogen (secondary N) is 1. The maximum atomic E-state index is 5.86. The lowest BCUT2D eigenvalue weighted by atomic mass is 10.2. The first-order valence-corrected chi connectivity index (χ1v) is 6.96. The highest BCUT2D eigenvalue weighted by Crippen LogP contribution is 2.13. The second-order valence-electron chi connectivity index (χ2n) is 4.94. The van der Waals surface area contributed by atoms with Gasteiger partial charge >= 0.3 is 0 Å². The molecule has 1 fully saturated rings. The summed E-state index contributed by atoms with van der Waals surface area (Å²) in [5.74, 6) is 0.981. The first-order chi connectivity index (χ1) is 8.79. The number of halogens is 2. The van der Waals surface area contributed by atoms with Gasteiger partial charge < -0.3 is 10.1 Å². The minimum Gasteiger partial charge on any atom is -0.492 e. The lowest BCUT2D eigenvalue weighted by molar-refractivity contribution is 0.132. The number of benzene rings is 1. The van der Waals surface area contributed by atoms with E-state index in [0.29, 0.717) is 6.04 Å². The van der Waals surface area contributed by atoms with Crippen molar-refractivity contribution in [2.24, 2.45) is 0 Å². The quantitative estimate of drug-likeness (QED) is 0.902. The second kappa shape index (κ2) is 10.3. The van der Waals surface area contributed by atoms with E-state index in [2.05, 4.69) is 48.3 Å². The van der Waals surface area contributed by atoms with Gasteiger partial charge in [-0.3, -0.25) is 4.90 Å². The van der Waals surface area contributed by atoms with Crippen LogP contribution in [0, 0.1) is 0 Å². The molecule has 0 aliphatic carbocycles. The summed E-state index contributed by atoms with van der Waals surface area (Å²) < 4.78 is 5.86. The molecule has 0 spiro atoms. The molecule has 0 bridgehead atoms. The number of piperazine rings is 1. The molecule has 1 unspecified atom stereocenters. The van der Waals surface area contributed by atoms with Gasteiger partial charge in [0.15, 0.2) is 0 Å². The van der Waals surface area contributed by atoms with Crippen LogP contribution in [0.4, 0.5) is 0 Å². The van der Waals surface area contributed by atoms with Crippen LogP contribution in [0.2, 0.25) is 0 Å². The van der Waals surface area contributed by atoms with Crippen LogP contribution in [0.25, 0.3) is 0 Å². The minimum atomic E-state index is 0. The molecule has 1 aromatic rings. The second-order valence-corrected chi connectivity index (χ2v) is 4.94. The Morgan fingerprint density at radius 2 is 1.75 bits per heavy atom. The van der Waals surface area contributed by atoms with Gasteiger partial charge in [0.05, 0.1) is 0 Å². The van der Waals surface area contributed by atoms with Gasteiger partial charge in [-0.25, -0.2) is 0 Å². The summed E-state index contributed by atoms with van der Waals surface area (Å²) in [6.45, 7) is 9.61. The Labute approximate surface area is 134 Å². The van der Waals surface area contributed by atoms with E-state index in [1.807, 2.05) is 0 Å². The molecule has 0 saturated carbocycles. The molecule has 0 aromatic heterocycles. The van der Waals surface area contributed by atoms with Crippen molar-refractivity contribution >= 4 is 24.8 Å². The first-order valence-electron chi connectivity index (χ1n) is 6.96. The molecule has 1 aliphatic heterocycles. The van der Waals surface area contributed by atoms with Crippen LogP contribution in [0.3, 0.4) is 0 Å². The van der Waals surface area contributed by atoms with E-state index in [1.165, 1.54) is 5.56 Å². The molecule has 1 saturated heterocycles. The van der Waals surface area contributed by atoms with Crippen LogP contribution in [-0.4, -0.2) is 43.7 Å². The third kappa shape index (κ3) is 5.88. The first kappa shape index (κ1) is 19.5. The van der Waals surface area contributed by atoms with E-state index < -0.39 is 0 Å². The zero-order chi connectivity index (χ0) is 12.8.